The van der Waals surface area contributed by atoms with Gasteiger partial charge < -0.3 is 25.0 Å². The first kappa shape index (κ1) is 20.1. The predicted molar refractivity (Wildman–Crippen MR) is 103 cm³/mol. The molecule has 0 spiro atoms. The van der Waals surface area contributed by atoms with Crippen LogP contribution in [0.2, 0.25) is 0 Å². The molecule has 1 aromatic rings. The van der Waals surface area contributed by atoms with Crippen LogP contribution in [0.5, 0.6) is 0 Å². The van der Waals surface area contributed by atoms with Crippen LogP contribution < -0.4 is 5.32 Å². The van der Waals surface area contributed by atoms with Crippen molar-refractivity contribution in [2.24, 2.45) is 11.8 Å². The fourth-order valence-electron chi connectivity index (χ4n) is 3.83. The first-order valence-electron chi connectivity index (χ1n) is 9.62. The Hall–Kier alpha value is -2.61. The molecule has 2 atom stereocenters. The van der Waals surface area contributed by atoms with Crippen LogP contribution in [0.25, 0.3) is 0 Å². The maximum atomic E-state index is 12.8. The lowest BCUT2D eigenvalue weighted by Crippen LogP contribution is -2.47. The third kappa shape index (κ3) is 4.44. The second kappa shape index (κ2) is 8.60. The van der Waals surface area contributed by atoms with Crippen molar-refractivity contribution in [3.05, 3.63) is 29.3 Å². The highest BCUT2D eigenvalue weighted by molar-refractivity contribution is 5.99. The number of hydrogen-bond donors (Lipinski definition) is 2. The predicted octanol–water partition coefficient (Wildman–Crippen LogP) is 2.04. The minimum absolute atomic E-state index is 0.0746. The number of benzene rings is 1. The van der Waals surface area contributed by atoms with Crippen LogP contribution in [0.15, 0.2) is 18.2 Å². The number of rotatable bonds is 3. The van der Waals surface area contributed by atoms with E-state index in [9.17, 15) is 19.5 Å². The van der Waals surface area contributed by atoms with E-state index < -0.39 is 11.9 Å². The largest absolute Gasteiger partial charge is 0.481 e. The molecule has 2 unspecified atom stereocenters. The van der Waals surface area contributed by atoms with Crippen LogP contribution >= 0.6 is 0 Å². The third-order valence-electron chi connectivity index (χ3n) is 5.40. The summed E-state index contributed by atoms with van der Waals surface area (Å²) in [5.41, 5.74) is 1.82. The molecule has 2 heterocycles. The summed E-state index contributed by atoms with van der Waals surface area (Å²) in [6.07, 6.45) is 0.571. The minimum Gasteiger partial charge on any atom is -0.481 e. The van der Waals surface area contributed by atoms with Crippen molar-refractivity contribution < 1.29 is 24.2 Å². The number of urea groups is 1. The van der Waals surface area contributed by atoms with Crippen LogP contribution in [0.4, 0.5) is 10.5 Å². The van der Waals surface area contributed by atoms with Gasteiger partial charge in [0, 0.05) is 37.4 Å². The van der Waals surface area contributed by atoms with E-state index in [4.69, 9.17) is 4.74 Å². The molecule has 0 bridgehead atoms. The summed E-state index contributed by atoms with van der Waals surface area (Å²) in [5.74, 6) is -1.38. The molecule has 8 nitrogen and oxygen atoms in total. The van der Waals surface area contributed by atoms with Crippen molar-refractivity contribution in [3.8, 4) is 0 Å². The van der Waals surface area contributed by atoms with Gasteiger partial charge in [-0.05, 0) is 37.0 Å². The third-order valence-corrected chi connectivity index (χ3v) is 5.40. The number of ether oxygens (including phenoxy) is 1. The van der Waals surface area contributed by atoms with Gasteiger partial charge in [0.2, 0.25) is 0 Å². The van der Waals surface area contributed by atoms with Crippen molar-refractivity contribution in [3.63, 3.8) is 0 Å². The molecule has 1 aromatic carbocycles. The minimum atomic E-state index is -0.876. The average molecular weight is 389 g/mol. The van der Waals surface area contributed by atoms with Gasteiger partial charge in [0.05, 0.1) is 19.1 Å². The number of hydrogen-bond acceptors (Lipinski definition) is 4. The number of aliphatic carboxylic acids is 1. The molecule has 0 aliphatic carbocycles. The topological polar surface area (TPSA) is 99.2 Å². The summed E-state index contributed by atoms with van der Waals surface area (Å²) in [6.45, 7) is 6.62. The van der Waals surface area contributed by atoms with E-state index in [1.54, 1.807) is 28.0 Å². The summed E-state index contributed by atoms with van der Waals surface area (Å²) in [6, 6.07) is 4.92. The summed E-state index contributed by atoms with van der Waals surface area (Å²) < 4.78 is 5.30. The van der Waals surface area contributed by atoms with Crippen molar-refractivity contribution in [1.82, 2.24) is 9.80 Å². The number of morpholine rings is 1. The highest BCUT2D eigenvalue weighted by Gasteiger charge is 2.32. The summed E-state index contributed by atoms with van der Waals surface area (Å²) in [7, 11) is 0. The number of carbonyl (C=O) groups excluding carboxylic acids is 2. The Kier molecular flexibility index (Phi) is 6.18. The highest BCUT2D eigenvalue weighted by atomic mass is 16.5. The van der Waals surface area contributed by atoms with Crippen molar-refractivity contribution in [2.45, 2.75) is 20.3 Å². The lowest BCUT2D eigenvalue weighted by Gasteiger charge is -2.34. The highest BCUT2D eigenvalue weighted by Crippen LogP contribution is 2.25. The number of carbonyl (C=O) groups is 3. The Bertz CT molecular complexity index is 760. The molecule has 2 N–H and O–H groups in total. The van der Waals surface area contributed by atoms with E-state index in [-0.39, 0.29) is 24.4 Å². The van der Waals surface area contributed by atoms with Crippen LogP contribution in [-0.2, 0) is 9.53 Å². The van der Waals surface area contributed by atoms with Crippen LogP contribution in [0, 0.1) is 18.8 Å². The first-order chi connectivity index (χ1) is 13.4. The van der Waals surface area contributed by atoms with Gasteiger partial charge in [-0.1, -0.05) is 13.0 Å². The number of nitrogens with one attached hydrogen (secondary N) is 1. The van der Waals surface area contributed by atoms with Gasteiger partial charge in [-0.25, -0.2) is 4.79 Å². The van der Waals surface area contributed by atoms with E-state index in [1.165, 1.54) is 0 Å². The summed E-state index contributed by atoms with van der Waals surface area (Å²) in [5, 5.41) is 12.2. The molecule has 152 valence electrons. The zero-order valence-electron chi connectivity index (χ0n) is 16.3. The van der Waals surface area contributed by atoms with Crippen LogP contribution in [0.1, 0.15) is 29.3 Å². The molecule has 2 aliphatic rings. The Morgan fingerprint density at radius 3 is 2.54 bits per heavy atom. The number of anilines is 1. The molecule has 2 saturated heterocycles. The lowest BCUT2D eigenvalue weighted by molar-refractivity contribution is -0.143. The van der Waals surface area contributed by atoms with Crippen molar-refractivity contribution >= 4 is 23.6 Å². The average Bonchev–Trinajstić information content (AvgIpc) is 2.69. The molecular weight excluding hydrogens is 362 g/mol. The molecule has 0 aromatic heterocycles. The standard InChI is InChI=1S/C20H27N3O5/c1-13-10-15(19(25)26)12-23(11-13)20(27)21-17-5-3-4-16(14(17)2)18(24)22-6-8-28-9-7-22/h3-5,13,15H,6-12H2,1-2H3,(H,21,27)(H,25,26). The zero-order chi connectivity index (χ0) is 20.3. The molecule has 0 saturated carbocycles. The Morgan fingerprint density at radius 1 is 1.14 bits per heavy atom. The molecule has 2 aliphatic heterocycles. The van der Waals surface area contributed by atoms with Gasteiger partial charge in [0.1, 0.15) is 0 Å². The van der Waals surface area contributed by atoms with Crippen LogP contribution in [0.3, 0.4) is 0 Å². The number of amides is 3. The number of piperidine rings is 1. The van der Waals surface area contributed by atoms with Gasteiger partial charge in [-0.3, -0.25) is 9.59 Å². The second-order valence-electron chi connectivity index (χ2n) is 7.59. The maximum Gasteiger partial charge on any atom is 0.321 e. The molecule has 28 heavy (non-hydrogen) atoms. The van der Waals surface area contributed by atoms with Crippen molar-refractivity contribution in [1.29, 1.82) is 0 Å². The summed E-state index contributed by atoms with van der Waals surface area (Å²) in [4.78, 5) is 40.2. The number of carboxylic acids is 1. The quantitative estimate of drug-likeness (QED) is 0.824. The number of likely N-dealkylation sites (tertiary alicyclic amines) is 1. The number of carboxylic acid groups (broad SMARTS) is 1. The molecule has 3 rings (SSSR count). The monoisotopic (exact) mass is 389 g/mol. The Balaban J connectivity index is 1.72. The van der Waals surface area contributed by atoms with Gasteiger partial charge in [-0.2, -0.15) is 0 Å². The van der Waals surface area contributed by atoms with Gasteiger partial charge in [0.15, 0.2) is 0 Å². The maximum absolute atomic E-state index is 12.8. The first-order valence-corrected chi connectivity index (χ1v) is 9.62. The molecule has 0 radical (unpaired) electrons. The molecule has 3 amide bonds. The Labute approximate surface area is 164 Å². The lowest BCUT2D eigenvalue weighted by atomic mass is 9.91. The molecular formula is C20H27N3O5. The molecule has 2 fully saturated rings. The zero-order valence-corrected chi connectivity index (χ0v) is 16.3. The normalized spacial score (nSPS) is 22.6. The van der Waals surface area contributed by atoms with Crippen LogP contribution in [-0.4, -0.2) is 72.2 Å². The number of nitrogens with zero attached hydrogens (tertiary/aromatic N) is 2. The van der Waals surface area contributed by atoms with E-state index in [2.05, 4.69) is 5.32 Å². The van der Waals surface area contributed by atoms with E-state index in [0.717, 1.165) is 0 Å². The van der Waals surface area contributed by atoms with Gasteiger partial charge in [0.25, 0.3) is 5.91 Å². The Morgan fingerprint density at radius 2 is 1.86 bits per heavy atom. The fraction of sp³-hybridized carbons (Fsp3) is 0.550. The van der Waals surface area contributed by atoms with E-state index in [0.29, 0.717) is 56.1 Å². The second-order valence-corrected chi connectivity index (χ2v) is 7.59. The van der Waals surface area contributed by atoms with Gasteiger partial charge in [-0.15, -0.1) is 0 Å². The van der Waals surface area contributed by atoms with Crippen molar-refractivity contribution in [2.75, 3.05) is 44.7 Å². The smallest absolute Gasteiger partial charge is 0.321 e. The van der Waals surface area contributed by atoms with E-state index >= 15 is 0 Å². The van der Waals surface area contributed by atoms with E-state index in [1.807, 2.05) is 13.8 Å². The molecule has 8 heteroatoms. The fourth-order valence-corrected chi connectivity index (χ4v) is 3.83. The van der Waals surface area contributed by atoms with Gasteiger partial charge >= 0.3 is 12.0 Å². The summed E-state index contributed by atoms with van der Waals surface area (Å²) >= 11 is 0. The SMILES string of the molecule is Cc1c(NC(=O)N2CC(C)CC(C(=O)O)C2)cccc1C(=O)N1CCOCC1.